The predicted molar refractivity (Wildman–Crippen MR) is 93.0 cm³/mol. The van der Waals surface area contributed by atoms with Crippen molar-refractivity contribution in [3.8, 4) is 11.5 Å². The van der Waals surface area contributed by atoms with Crippen molar-refractivity contribution in [2.75, 3.05) is 26.4 Å². The second kappa shape index (κ2) is 7.88. The molecular weight excluding hydrogens is 304 g/mol. The lowest BCUT2D eigenvalue weighted by Gasteiger charge is -2.31. The third-order valence-corrected chi connectivity index (χ3v) is 4.82. The maximum Gasteiger partial charge on any atom is 0.231 e. The smallest absolute Gasteiger partial charge is 0.231 e. The topological polar surface area (TPSA) is 50.8 Å². The number of ether oxygens (including phenoxy) is 2. The van der Waals surface area contributed by atoms with Crippen LogP contribution in [0.15, 0.2) is 18.2 Å². The average Bonchev–Trinajstić information content (AvgIpc) is 3.03. The molecule has 1 aromatic carbocycles. The SMILES string of the molecule is CC(C)CCNC(=O)C1CCN(Cc2ccc3c(c2)OCO3)CC1. The second-order valence-corrected chi connectivity index (χ2v) is 7.21. The van der Waals surface area contributed by atoms with E-state index in [2.05, 4.69) is 36.2 Å². The monoisotopic (exact) mass is 332 g/mol. The minimum absolute atomic E-state index is 0.171. The van der Waals surface area contributed by atoms with E-state index in [1.807, 2.05) is 6.07 Å². The van der Waals surface area contributed by atoms with E-state index in [1.165, 1.54) is 5.56 Å². The summed E-state index contributed by atoms with van der Waals surface area (Å²) in [4.78, 5) is 14.6. The Bertz CT molecular complexity index is 566. The molecule has 0 bridgehead atoms. The van der Waals surface area contributed by atoms with E-state index in [0.29, 0.717) is 12.7 Å². The maximum atomic E-state index is 12.2. The van der Waals surface area contributed by atoms with Gasteiger partial charge in [0.2, 0.25) is 12.7 Å². The highest BCUT2D eigenvalue weighted by atomic mass is 16.7. The van der Waals surface area contributed by atoms with Crippen LogP contribution in [-0.2, 0) is 11.3 Å². The molecule has 24 heavy (non-hydrogen) atoms. The molecule has 1 saturated heterocycles. The van der Waals surface area contributed by atoms with Gasteiger partial charge in [-0.05, 0) is 56.0 Å². The highest BCUT2D eigenvalue weighted by Crippen LogP contribution is 2.33. The molecule has 2 heterocycles. The standard InChI is InChI=1S/C19H28N2O3/c1-14(2)5-8-20-19(22)16-6-9-21(10-7-16)12-15-3-4-17-18(11-15)24-13-23-17/h3-4,11,14,16H,5-10,12-13H2,1-2H3,(H,20,22). The number of rotatable bonds is 6. The number of amides is 1. The Morgan fingerprint density at radius 3 is 2.75 bits per heavy atom. The van der Waals surface area contributed by atoms with Crippen LogP contribution in [0.5, 0.6) is 11.5 Å². The van der Waals surface area contributed by atoms with Gasteiger partial charge in [-0.2, -0.15) is 0 Å². The van der Waals surface area contributed by atoms with Crippen LogP contribution in [0.2, 0.25) is 0 Å². The molecule has 0 spiro atoms. The third kappa shape index (κ3) is 4.41. The van der Waals surface area contributed by atoms with Crippen LogP contribution in [0.3, 0.4) is 0 Å². The number of hydrogen-bond donors (Lipinski definition) is 1. The van der Waals surface area contributed by atoms with Gasteiger partial charge in [0, 0.05) is 19.0 Å². The zero-order chi connectivity index (χ0) is 16.9. The van der Waals surface area contributed by atoms with Crippen molar-refractivity contribution < 1.29 is 14.3 Å². The predicted octanol–water partition coefficient (Wildman–Crippen LogP) is 2.79. The lowest BCUT2D eigenvalue weighted by Crippen LogP contribution is -2.40. The van der Waals surface area contributed by atoms with Crippen LogP contribution in [0.4, 0.5) is 0 Å². The third-order valence-electron chi connectivity index (χ3n) is 4.82. The molecule has 0 atom stereocenters. The van der Waals surface area contributed by atoms with Crippen molar-refractivity contribution in [3.63, 3.8) is 0 Å². The van der Waals surface area contributed by atoms with Crippen molar-refractivity contribution in [2.24, 2.45) is 11.8 Å². The summed E-state index contributed by atoms with van der Waals surface area (Å²) in [5.74, 6) is 2.71. The summed E-state index contributed by atoms with van der Waals surface area (Å²) in [6, 6.07) is 6.14. The number of nitrogens with zero attached hydrogens (tertiary/aromatic N) is 1. The number of likely N-dealkylation sites (tertiary alicyclic amines) is 1. The summed E-state index contributed by atoms with van der Waals surface area (Å²) >= 11 is 0. The Labute approximate surface area is 144 Å². The second-order valence-electron chi connectivity index (χ2n) is 7.21. The van der Waals surface area contributed by atoms with Gasteiger partial charge in [-0.15, -0.1) is 0 Å². The number of carbonyl (C=O) groups excluding carboxylic acids is 1. The first-order chi connectivity index (χ1) is 11.6. The molecule has 0 radical (unpaired) electrons. The van der Waals surface area contributed by atoms with Crippen molar-refractivity contribution in [1.29, 1.82) is 0 Å². The summed E-state index contributed by atoms with van der Waals surface area (Å²) in [6.45, 7) is 8.32. The molecule has 2 aliphatic rings. The minimum atomic E-state index is 0.171. The first-order valence-electron chi connectivity index (χ1n) is 9.00. The Kier molecular flexibility index (Phi) is 5.61. The first-order valence-corrected chi connectivity index (χ1v) is 9.00. The van der Waals surface area contributed by atoms with Crippen LogP contribution in [0.25, 0.3) is 0 Å². The lowest BCUT2D eigenvalue weighted by atomic mass is 9.95. The van der Waals surface area contributed by atoms with Gasteiger partial charge in [0.1, 0.15) is 0 Å². The Morgan fingerprint density at radius 2 is 2.00 bits per heavy atom. The van der Waals surface area contributed by atoms with Crippen molar-refractivity contribution in [1.82, 2.24) is 10.2 Å². The van der Waals surface area contributed by atoms with Crippen LogP contribution >= 0.6 is 0 Å². The van der Waals surface area contributed by atoms with Crippen molar-refractivity contribution >= 4 is 5.91 Å². The summed E-state index contributed by atoms with van der Waals surface area (Å²) in [5.41, 5.74) is 1.24. The van der Waals surface area contributed by atoms with Gasteiger partial charge in [-0.25, -0.2) is 0 Å². The number of piperidine rings is 1. The molecule has 0 aliphatic carbocycles. The molecule has 1 N–H and O–H groups in total. The van der Waals surface area contributed by atoms with Crippen molar-refractivity contribution in [3.05, 3.63) is 23.8 Å². The van der Waals surface area contributed by atoms with E-state index >= 15 is 0 Å². The number of benzene rings is 1. The molecular formula is C19H28N2O3. The summed E-state index contributed by atoms with van der Waals surface area (Å²) in [6.07, 6.45) is 2.94. The Morgan fingerprint density at radius 1 is 1.25 bits per heavy atom. The number of fused-ring (bicyclic) bond motifs is 1. The van der Waals surface area contributed by atoms with Crippen LogP contribution < -0.4 is 14.8 Å². The van der Waals surface area contributed by atoms with Crippen LogP contribution in [-0.4, -0.2) is 37.2 Å². The van der Waals surface area contributed by atoms with Gasteiger partial charge >= 0.3 is 0 Å². The largest absolute Gasteiger partial charge is 0.454 e. The first kappa shape index (κ1) is 17.1. The maximum absolute atomic E-state index is 12.2. The van der Waals surface area contributed by atoms with E-state index < -0.39 is 0 Å². The molecule has 0 saturated carbocycles. The number of nitrogens with one attached hydrogen (secondary N) is 1. The summed E-state index contributed by atoms with van der Waals surface area (Å²) in [5, 5.41) is 3.09. The van der Waals surface area contributed by atoms with Gasteiger partial charge < -0.3 is 14.8 Å². The van der Waals surface area contributed by atoms with E-state index in [-0.39, 0.29) is 11.8 Å². The molecule has 3 rings (SSSR count). The molecule has 0 unspecified atom stereocenters. The minimum Gasteiger partial charge on any atom is -0.454 e. The van der Waals surface area contributed by atoms with E-state index in [0.717, 1.165) is 56.9 Å². The van der Waals surface area contributed by atoms with Gasteiger partial charge in [0.05, 0.1) is 0 Å². The fraction of sp³-hybridized carbons (Fsp3) is 0.632. The number of hydrogen-bond acceptors (Lipinski definition) is 4. The average molecular weight is 332 g/mol. The molecule has 0 aromatic heterocycles. The van der Waals surface area contributed by atoms with Crippen LogP contribution in [0, 0.1) is 11.8 Å². The molecule has 1 amide bonds. The molecule has 5 heteroatoms. The quantitative estimate of drug-likeness (QED) is 0.870. The summed E-state index contributed by atoms with van der Waals surface area (Å²) in [7, 11) is 0. The zero-order valence-corrected chi connectivity index (χ0v) is 14.7. The highest BCUT2D eigenvalue weighted by Gasteiger charge is 2.25. The van der Waals surface area contributed by atoms with Gasteiger partial charge in [0.25, 0.3) is 0 Å². The van der Waals surface area contributed by atoms with Crippen LogP contribution in [0.1, 0.15) is 38.7 Å². The van der Waals surface area contributed by atoms with Gasteiger partial charge in [-0.1, -0.05) is 19.9 Å². The van der Waals surface area contributed by atoms with E-state index in [1.54, 1.807) is 0 Å². The van der Waals surface area contributed by atoms with Gasteiger partial charge in [0.15, 0.2) is 11.5 Å². The molecule has 5 nitrogen and oxygen atoms in total. The van der Waals surface area contributed by atoms with E-state index in [4.69, 9.17) is 9.47 Å². The molecule has 1 aromatic rings. The Balaban J connectivity index is 1.43. The zero-order valence-electron chi connectivity index (χ0n) is 14.7. The lowest BCUT2D eigenvalue weighted by molar-refractivity contribution is -0.126. The molecule has 1 fully saturated rings. The fourth-order valence-corrected chi connectivity index (χ4v) is 3.28. The normalized spacial score (nSPS) is 18.1. The van der Waals surface area contributed by atoms with Crippen molar-refractivity contribution in [2.45, 2.75) is 39.7 Å². The fourth-order valence-electron chi connectivity index (χ4n) is 3.28. The highest BCUT2D eigenvalue weighted by molar-refractivity contribution is 5.78. The Hall–Kier alpha value is -1.75. The van der Waals surface area contributed by atoms with E-state index in [9.17, 15) is 4.79 Å². The summed E-state index contributed by atoms with van der Waals surface area (Å²) < 4.78 is 10.8. The number of carbonyl (C=O) groups is 1. The molecule has 2 aliphatic heterocycles. The molecule has 132 valence electrons. The van der Waals surface area contributed by atoms with Gasteiger partial charge in [-0.3, -0.25) is 9.69 Å².